The normalized spacial score (nSPS) is 24.8. The van der Waals surface area contributed by atoms with Gasteiger partial charge in [-0.1, -0.05) is 36.8 Å². The van der Waals surface area contributed by atoms with Crippen molar-refractivity contribution in [2.24, 2.45) is 5.92 Å². The van der Waals surface area contributed by atoms with Crippen molar-refractivity contribution in [2.75, 3.05) is 13.1 Å². The number of rotatable bonds is 3. The molecular weight excluding hydrogens is 210 g/mol. The standard InChI is InChI=1S/C15H23NO/c1-11-4-6-14(7-5-11)15(17)13(3)16-9-8-12(2)10-16/h4-7,12-13,15,17H,8-10H2,1-3H3. The molecule has 1 aliphatic heterocycles. The van der Waals surface area contributed by atoms with Crippen molar-refractivity contribution in [3.8, 4) is 0 Å². The number of aryl methyl sites for hydroxylation is 1. The lowest BCUT2D eigenvalue weighted by atomic mass is 10.0. The van der Waals surface area contributed by atoms with Gasteiger partial charge in [0.1, 0.15) is 0 Å². The minimum absolute atomic E-state index is 0.211. The van der Waals surface area contributed by atoms with Gasteiger partial charge in [0.05, 0.1) is 6.10 Å². The highest BCUT2D eigenvalue weighted by Gasteiger charge is 2.28. The summed E-state index contributed by atoms with van der Waals surface area (Å²) in [5.41, 5.74) is 2.27. The monoisotopic (exact) mass is 233 g/mol. The van der Waals surface area contributed by atoms with E-state index in [9.17, 15) is 5.11 Å². The van der Waals surface area contributed by atoms with E-state index < -0.39 is 0 Å². The maximum Gasteiger partial charge on any atom is 0.0942 e. The van der Waals surface area contributed by atoms with E-state index >= 15 is 0 Å². The highest BCUT2D eigenvalue weighted by Crippen LogP contribution is 2.26. The molecule has 0 aromatic heterocycles. The van der Waals surface area contributed by atoms with Crippen molar-refractivity contribution in [1.29, 1.82) is 0 Å². The highest BCUT2D eigenvalue weighted by atomic mass is 16.3. The second-order valence-electron chi connectivity index (χ2n) is 5.48. The van der Waals surface area contributed by atoms with Gasteiger partial charge in [0.2, 0.25) is 0 Å². The van der Waals surface area contributed by atoms with Gasteiger partial charge in [-0.25, -0.2) is 0 Å². The average molecular weight is 233 g/mol. The van der Waals surface area contributed by atoms with Gasteiger partial charge in [0, 0.05) is 12.6 Å². The third kappa shape index (κ3) is 2.88. The fourth-order valence-corrected chi connectivity index (χ4v) is 2.58. The van der Waals surface area contributed by atoms with Gasteiger partial charge in [-0.2, -0.15) is 0 Å². The Morgan fingerprint density at radius 3 is 2.47 bits per heavy atom. The second-order valence-corrected chi connectivity index (χ2v) is 5.48. The maximum absolute atomic E-state index is 10.4. The van der Waals surface area contributed by atoms with Crippen LogP contribution in [0.25, 0.3) is 0 Å². The molecule has 2 heteroatoms. The van der Waals surface area contributed by atoms with Crippen LogP contribution in [-0.4, -0.2) is 29.1 Å². The molecule has 0 bridgehead atoms. The van der Waals surface area contributed by atoms with Crippen LogP contribution in [0.4, 0.5) is 0 Å². The summed E-state index contributed by atoms with van der Waals surface area (Å²) in [6.07, 6.45) is 0.881. The smallest absolute Gasteiger partial charge is 0.0942 e. The second kappa shape index (κ2) is 5.19. The lowest BCUT2D eigenvalue weighted by Gasteiger charge is -2.28. The quantitative estimate of drug-likeness (QED) is 0.867. The van der Waals surface area contributed by atoms with Crippen LogP contribution in [0.1, 0.15) is 37.5 Å². The van der Waals surface area contributed by atoms with Gasteiger partial charge in [0.15, 0.2) is 0 Å². The van der Waals surface area contributed by atoms with Crippen molar-refractivity contribution >= 4 is 0 Å². The van der Waals surface area contributed by atoms with E-state index in [1.165, 1.54) is 12.0 Å². The molecule has 2 nitrogen and oxygen atoms in total. The Balaban J connectivity index is 2.04. The molecule has 0 amide bonds. The van der Waals surface area contributed by atoms with E-state index in [2.05, 4.69) is 37.8 Å². The fraction of sp³-hybridized carbons (Fsp3) is 0.600. The molecule has 0 aliphatic carbocycles. The van der Waals surface area contributed by atoms with Crippen LogP contribution in [0.15, 0.2) is 24.3 Å². The van der Waals surface area contributed by atoms with Gasteiger partial charge in [-0.05, 0) is 38.3 Å². The number of benzene rings is 1. The van der Waals surface area contributed by atoms with Gasteiger partial charge in [-0.3, -0.25) is 4.90 Å². The molecule has 0 saturated carbocycles. The van der Waals surface area contributed by atoms with E-state index in [1.54, 1.807) is 0 Å². The Morgan fingerprint density at radius 2 is 1.94 bits per heavy atom. The average Bonchev–Trinajstić information content (AvgIpc) is 2.75. The van der Waals surface area contributed by atoms with E-state index in [0.29, 0.717) is 0 Å². The zero-order chi connectivity index (χ0) is 12.4. The lowest BCUT2D eigenvalue weighted by Crippen LogP contribution is -2.35. The zero-order valence-electron chi connectivity index (χ0n) is 11.1. The van der Waals surface area contributed by atoms with Crippen LogP contribution in [0.5, 0.6) is 0 Å². The number of hydrogen-bond acceptors (Lipinski definition) is 2. The Labute approximate surface area is 104 Å². The molecule has 0 spiro atoms. The predicted molar refractivity (Wildman–Crippen MR) is 71.0 cm³/mol. The van der Waals surface area contributed by atoms with Gasteiger partial charge in [-0.15, -0.1) is 0 Å². The van der Waals surface area contributed by atoms with E-state index in [-0.39, 0.29) is 12.1 Å². The summed E-state index contributed by atoms with van der Waals surface area (Å²) in [7, 11) is 0. The minimum atomic E-state index is -0.374. The number of aliphatic hydroxyl groups excluding tert-OH is 1. The van der Waals surface area contributed by atoms with Gasteiger partial charge in [0.25, 0.3) is 0 Å². The summed E-state index contributed by atoms with van der Waals surface area (Å²) in [4.78, 5) is 2.40. The molecule has 1 aromatic carbocycles. The van der Waals surface area contributed by atoms with Crippen molar-refractivity contribution in [2.45, 2.75) is 39.3 Å². The highest BCUT2D eigenvalue weighted by molar-refractivity contribution is 5.24. The molecule has 2 rings (SSSR count). The molecule has 1 saturated heterocycles. The first-order valence-electron chi connectivity index (χ1n) is 6.56. The summed E-state index contributed by atoms with van der Waals surface area (Å²) >= 11 is 0. The van der Waals surface area contributed by atoms with Crippen LogP contribution in [0.2, 0.25) is 0 Å². The lowest BCUT2D eigenvalue weighted by molar-refractivity contribution is 0.0698. The van der Waals surface area contributed by atoms with Gasteiger partial charge >= 0.3 is 0 Å². The summed E-state index contributed by atoms with van der Waals surface area (Å²) in [6, 6.07) is 8.42. The largest absolute Gasteiger partial charge is 0.387 e. The number of aliphatic hydroxyl groups is 1. The molecule has 3 atom stereocenters. The maximum atomic E-state index is 10.4. The summed E-state index contributed by atoms with van der Waals surface area (Å²) in [5.74, 6) is 0.766. The number of hydrogen-bond donors (Lipinski definition) is 1. The molecule has 1 fully saturated rings. The molecule has 1 aliphatic rings. The SMILES string of the molecule is Cc1ccc(C(O)C(C)N2CCC(C)C2)cc1. The summed E-state index contributed by atoms with van der Waals surface area (Å²) in [6.45, 7) is 8.71. The molecule has 1 heterocycles. The third-order valence-electron chi connectivity index (χ3n) is 3.91. The molecule has 1 aromatic rings. The summed E-state index contributed by atoms with van der Waals surface area (Å²) < 4.78 is 0. The van der Waals surface area contributed by atoms with Crippen LogP contribution >= 0.6 is 0 Å². The molecular formula is C15H23NO. The van der Waals surface area contributed by atoms with Crippen LogP contribution in [0.3, 0.4) is 0 Å². The number of likely N-dealkylation sites (tertiary alicyclic amines) is 1. The van der Waals surface area contributed by atoms with E-state index in [1.807, 2.05) is 12.1 Å². The Hall–Kier alpha value is -0.860. The Bertz CT molecular complexity index is 360. The van der Waals surface area contributed by atoms with Crippen molar-refractivity contribution < 1.29 is 5.11 Å². The number of nitrogens with zero attached hydrogens (tertiary/aromatic N) is 1. The Kier molecular flexibility index (Phi) is 3.85. The molecule has 0 radical (unpaired) electrons. The Morgan fingerprint density at radius 1 is 1.29 bits per heavy atom. The molecule has 3 unspecified atom stereocenters. The topological polar surface area (TPSA) is 23.5 Å². The fourth-order valence-electron chi connectivity index (χ4n) is 2.58. The van der Waals surface area contributed by atoms with Gasteiger partial charge < -0.3 is 5.11 Å². The van der Waals surface area contributed by atoms with Crippen molar-refractivity contribution in [3.05, 3.63) is 35.4 Å². The van der Waals surface area contributed by atoms with Crippen LogP contribution in [0, 0.1) is 12.8 Å². The van der Waals surface area contributed by atoms with Crippen molar-refractivity contribution in [1.82, 2.24) is 4.90 Å². The predicted octanol–water partition coefficient (Wildman–Crippen LogP) is 2.76. The van der Waals surface area contributed by atoms with E-state index in [4.69, 9.17) is 0 Å². The van der Waals surface area contributed by atoms with Crippen LogP contribution < -0.4 is 0 Å². The first kappa shape index (κ1) is 12.6. The first-order chi connectivity index (χ1) is 8.08. The third-order valence-corrected chi connectivity index (χ3v) is 3.91. The molecule has 94 valence electrons. The van der Waals surface area contributed by atoms with E-state index in [0.717, 1.165) is 24.6 Å². The minimum Gasteiger partial charge on any atom is -0.387 e. The molecule has 17 heavy (non-hydrogen) atoms. The van der Waals surface area contributed by atoms with Crippen molar-refractivity contribution in [3.63, 3.8) is 0 Å². The molecule has 1 N–H and O–H groups in total. The zero-order valence-corrected chi connectivity index (χ0v) is 11.1. The van der Waals surface area contributed by atoms with Crippen LogP contribution in [-0.2, 0) is 0 Å². The first-order valence-corrected chi connectivity index (χ1v) is 6.56. The summed E-state index contributed by atoms with van der Waals surface area (Å²) in [5, 5.41) is 10.4.